The summed E-state index contributed by atoms with van der Waals surface area (Å²) in [5.41, 5.74) is 6.70. The zero-order chi connectivity index (χ0) is 31.9. The number of hydrogen-bond donors (Lipinski definition) is 7. The Labute approximate surface area is 253 Å². The van der Waals surface area contributed by atoms with Gasteiger partial charge in [0.05, 0.1) is 18.6 Å². The molecular weight excluding hydrogens is 576 g/mol. The molecule has 0 spiro atoms. The van der Waals surface area contributed by atoms with Gasteiger partial charge in [0.1, 0.15) is 29.8 Å². The number of aliphatic hydroxyl groups excluding tert-OH is 1. The van der Waals surface area contributed by atoms with Crippen LogP contribution in [0.4, 0.5) is 14.5 Å². The van der Waals surface area contributed by atoms with Gasteiger partial charge in [0.25, 0.3) is 0 Å². The summed E-state index contributed by atoms with van der Waals surface area (Å²) in [7, 11) is 0. The summed E-state index contributed by atoms with van der Waals surface area (Å²) in [6, 6.07) is 8.14. The van der Waals surface area contributed by atoms with Crippen molar-refractivity contribution in [1.82, 2.24) is 25.9 Å². The van der Waals surface area contributed by atoms with Crippen molar-refractivity contribution < 1.29 is 33.1 Å². The Bertz CT molecular complexity index is 1380. The molecule has 1 aromatic heterocycles. The fourth-order valence-electron chi connectivity index (χ4n) is 4.31. The molecule has 8 N–H and O–H groups in total. The second-order valence-electron chi connectivity index (χ2n) is 10.1. The summed E-state index contributed by atoms with van der Waals surface area (Å²) in [6.45, 7) is -0.460. The molecule has 0 aliphatic carbocycles. The molecule has 0 bridgehead atoms. The summed E-state index contributed by atoms with van der Waals surface area (Å²) >= 11 is 0. The standard InChI is InChI=1S/C30H37F2N7O5/c31-20-10-11-23(22(32)14-20)37-30(44)26(17-40)39-29(43)25(15-21-16-34-18-35-21)38-28(42)24(8-4-5-13-33)36-27(41)12-9-19-6-2-1-3-7-19/h1-3,6-7,10-11,14,16,18,24-26,40H,4-5,8-9,12-13,15,17,33H2,(H,34,35)(H,36,41)(H,37,44)(H,38,42)(H,39,43)/t24-,25-,26-/m0/s1. The summed E-state index contributed by atoms with van der Waals surface area (Å²) in [5, 5.41) is 19.7. The van der Waals surface area contributed by atoms with Crippen LogP contribution in [-0.4, -0.2) is 70.0 Å². The van der Waals surface area contributed by atoms with E-state index in [0.29, 0.717) is 37.6 Å². The lowest BCUT2D eigenvalue weighted by Crippen LogP contribution is -2.57. The van der Waals surface area contributed by atoms with Crippen LogP contribution >= 0.6 is 0 Å². The largest absolute Gasteiger partial charge is 0.394 e. The first kappa shape index (κ1) is 33.8. The number of aromatic amines is 1. The maximum atomic E-state index is 14.0. The van der Waals surface area contributed by atoms with Crippen molar-refractivity contribution >= 4 is 29.3 Å². The van der Waals surface area contributed by atoms with Crippen LogP contribution in [-0.2, 0) is 32.0 Å². The van der Waals surface area contributed by atoms with E-state index in [1.54, 1.807) is 0 Å². The van der Waals surface area contributed by atoms with Gasteiger partial charge < -0.3 is 37.1 Å². The van der Waals surface area contributed by atoms with Gasteiger partial charge in [0, 0.05) is 30.8 Å². The van der Waals surface area contributed by atoms with Crippen LogP contribution in [0.5, 0.6) is 0 Å². The molecule has 3 aromatic rings. The first-order chi connectivity index (χ1) is 21.2. The van der Waals surface area contributed by atoms with E-state index >= 15 is 0 Å². The summed E-state index contributed by atoms with van der Waals surface area (Å²) in [6.07, 6.45) is 4.80. The van der Waals surface area contributed by atoms with E-state index in [1.165, 1.54) is 12.5 Å². The zero-order valence-corrected chi connectivity index (χ0v) is 24.0. The van der Waals surface area contributed by atoms with E-state index in [1.807, 2.05) is 30.3 Å². The van der Waals surface area contributed by atoms with Gasteiger partial charge in [-0.15, -0.1) is 0 Å². The number of hydrogen-bond acceptors (Lipinski definition) is 7. The number of carbonyl (C=O) groups excluding carboxylic acids is 4. The lowest BCUT2D eigenvalue weighted by atomic mass is 10.1. The van der Waals surface area contributed by atoms with Gasteiger partial charge in [-0.25, -0.2) is 13.8 Å². The zero-order valence-electron chi connectivity index (χ0n) is 24.0. The number of nitrogens with one attached hydrogen (secondary N) is 5. The highest BCUT2D eigenvalue weighted by Crippen LogP contribution is 2.15. The Hall–Kier alpha value is -4.69. The average molecular weight is 614 g/mol. The molecule has 0 aliphatic rings. The van der Waals surface area contributed by atoms with E-state index < -0.39 is 54.1 Å². The molecule has 0 saturated carbocycles. The number of aryl methyl sites for hydroxylation is 1. The van der Waals surface area contributed by atoms with Gasteiger partial charge in [-0.3, -0.25) is 19.2 Å². The van der Waals surface area contributed by atoms with Crippen LogP contribution in [0.2, 0.25) is 0 Å². The molecule has 236 valence electrons. The van der Waals surface area contributed by atoms with Crippen LogP contribution in [0.25, 0.3) is 0 Å². The maximum Gasteiger partial charge on any atom is 0.249 e. The Morgan fingerprint density at radius 1 is 0.909 bits per heavy atom. The monoisotopic (exact) mass is 613 g/mol. The summed E-state index contributed by atoms with van der Waals surface area (Å²) in [4.78, 5) is 59.0. The Balaban J connectivity index is 1.70. The highest BCUT2D eigenvalue weighted by Gasteiger charge is 2.30. The minimum Gasteiger partial charge on any atom is -0.394 e. The Morgan fingerprint density at radius 2 is 1.64 bits per heavy atom. The van der Waals surface area contributed by atoms with E-state index in [4.69, 9.17) is 5.73 Å². The number of anilines is 1. The van der Waals surface area contributed by atoms with Crippen molar-refractivity contribution in [1.29, 1.82) is 0 Å². The number of rotatable bonds is 17. The normalized spacial score (nSPS) is 12.9. The number of nitrogens with zero attached hydrogens (tertiary/aromatic N) is 1. The molecule has 14 heteroatoms. The number of halogens is 2. The minimum absolute atomic E-state index is 0.0681. The van der Waals surface area contributed by atoms with Crippen molar-refractivity contribution in [3.63, 3.8) is 0 Å². The third-order valence-corrected chi connectivity index (χ3v) is 6.70. The molecule has 3 rings (SSSR count). The highest BCUT2D eigenvalue weighted by atomic mass is 19.1. The van der Waals surface area contributed by atoms with Gasteiger partial charge in [-0.05, 0) is 49.9 Å². The SMILES string of the molecule is NCCCC[C@H](NC(=O)CCc1ccccc1)C(=O)N[C@@H](Cc1cnc[nH]1)C(=O)N[C@@H](CO)C(=O)Nc1ccc(F)cc1F. The second-order valence-corrected chi connectivity index (χ2v) is 10.1. The number of amides is 4. The smallest absolute Gasteiger partial charge is 0.249 e. The van der Waals surface area contributed by atoms with Crippen LogP contribution in [0.1, 0.15) is 36.9 Å². The van der Waals surface area contributed by atoms with Crippen LogP contribution < -0.4 is 27.0 Å². The molecule has 0 saturated heterocycles. The van der Waals surface area contributed by atoms with E-state index in [0.717, 1.165) is 17.7 Å². The van der Waals surface area contributed by atoms with E-state index in [-0.39, 0.29) is 30.9 Å². The second kappa shape index (κ2) is 17.4. The molecule has 0 radical (unpaired) electrons. The molecule has 0 aliphatic heterocycles. The third kappa shape index (κ3) is 10.9. The number of carbonyl (C=O) groups is 4. The van der Waals surface area contributed by atoms with Gasteiger partial charge in [-0.1, -0.05) is 30.3 Å². The summed E-state index contributed by atoms with van der Waals surface area (Å²) < 4.78 is 27.3. The molecule has 3 atom stereocenters. The fourth-order valence-corrected chi connectivity index (χ4v) is 4.31. The molecule has 1 heterocycles. The van der Waals surface area contributed by atoms with Crippen LogP contribution in [0.3, 0.4) is 0 Å². The predicted octanol–water partition coefficient (Wildman–Crippen LogP) is 1.08. The molecule has 44 heavy (non-hydrogen) atoms. The quantitative estimate of drug-likeness (QED) is 0.111. The van der Waals surface area contributed by atoms with Gasteiger partial charge >= 0.3 is 0 Å². The minimum atomic E-state index is -1.54. The first-order valence-electron chi connectivity index (χ1n) is 14.2. The maximum absolute atomic E-state index is 14.0. The fraction of sp³-hybridized carbons (Fsp3) is 0.367. The first-order valence-corrected chi connectivity index (χ1v) is 14.2. The summed E-state index contributed by atoms with van der Waals surface area (Å²) in [5.74, 6) is -4.67. The number of aliphatic hydroxyl groups is 1. The highest BCUT2D eigenvalue weighted by molar-refractivity contribution is 5.99. The molecule has 4 amide bonds. The lowest BCUT2D eigenvalue weighted by Gasteiger charge is -2.25. The average Bonchev–Trinajstić information content (AvgIpc) is 3.53. The Kier molecular flexibility index (Phi) is 13.4. The Morgan fingerprint density at radius 3 is 2.30 bits per heavy atom. The predicted molar refractivity (Wildman–Crippen MR) is 158 cm³/mol. The number of H-pyrrole nitrogens is 1. The molecule has 2 aromatic carbocycles. The van der Waals surface area contributed by atoms with E-state index in [9.17, 15) is 33.1 Å². The lowest BCUT2D eigenvalue weighted by molar-refractivity contribution is -0.133. The topological polar surface area (TPSA) is 191 Å². The van der Waals surface area contributed by atoms with Crippen molar-refractivity contribution in [2.45, 2.75) is 56.7 Å². The van der Waals surface area contributed by atoms with Crippen LogP contribution in [0.15, 0.2) is 61.1 Å². The van der Waals surface area contributed by atoms with Crippen molar-refractivity contribution in [3.8, 4) is 0 Å². The van der Waals surface area contributed by atoms with Gasteiger partial charge in [0.2, 0.25) is 23.6 Å². The number of imidazole rings is 1. The molecule has 12 nitrogen and oxygen atoms in total. The van der Waals surface area contributed by atoms with Crippen molar-refractivity contribution in [2.24, 2.45) is 5.73 Å². The molecule has 0 fully saturated rings. The van der Waals surface area contributed by atoms with Crippen molar-refractivity contribution in [2.75, 3.05) is 18.5 Å². The van der Waals surface area contributed by atoms with Crippen molar-refractivity contribution in [3.05, 3.63) is 83.9 Å². The third-order valence-electron chi connectivity index (χ3n) is 6.70. The number of benzene rings is 2. The van der Waals surface area contributed by atoms with E-state index in [2.05, 4.69) is 31.2 Å². The number of unbranched alkanes of at least 4 members (excludes halogenated alkanes) is 1. The van der Waals surface area contributed by atoms with Crippen LogP contribution in [0, 0.1) is 11.6 Å². The molecule has 0 unspecified atom stereocenters. The van der Waals surface area contributed by atoms with Gasteiger partial charge in [-0.2, -0.15) is 0 Å². The number of aromatic nitrogens is 2. The molecular formula is C30H37F2N7O5. The van der Waals surface area contributed by atoms with Gasteiger partial charge in [0.15, 0.2) is 0 Å². The number of nitrogens with two attached hydrogens (primary N) is 1.